The predicted molar refractivity (Wildman–Crippen MR) is 89.0 cm³/mol. The Bertz CT molecular complexity index is 385. The van der Waals surface area contributed by atoms with Crippen molar-refractivity contribution in [1.29, 1.82) is 0 Å². The average Bonchev–Trinajstić information content (AvgIpc) is 2.74. The number of para-hydroxylation sites is 1. The molecule has 0 bridgehead atoms. The molecule has 4 heteroatoms. The summed E-state index contributed by atoms with van der Waals surface area (Å²) in [6.07, 6.45) is 10.0. The Morgan fingerprint density at radius 1 is 1.11 bits per heavy atom. The molecule has 0 atom stereocenters. The fourth-order valence-corrected chi connectivity index (χ4v) is 1.45. The van der Waals surface area contributed by atoms with Crippen LogP contribution < -0.4 is 0 Å². The summed E-state index contributed by atoms with van der Waals surface area (Å²) < 4.78 is 0. The maximum Gasteiger partial charge on any atom is 0.119 e. The Balaban J connectivity index is -0.000000277. The van der Waals surface area contributed by atoms with Gasteiger partial charge in [-0.15, -0.1) is 40.4 Å². The zero-order valence-electron chi connectivity index (χ0n) is 11.5. The van der Waals surface area contributed by atoms with Crippen LogP contribution in [-0.4, -0.2) is 5.11 Å². The largest absolute Gasteiger partial charge is 0.508 e. The minimum absolute atomic E-state index is 0. The van der Waals surface area contributed by atoms with Crippen LogP contribution in [0.15, 0.2) is 42.5 Å². The minimum atomic E-state index is 0. The summed E-state index contributed by atoms with van der Waals surface area (Å²) in [6.45, 7) is 6.26. The van der Waals surface area contributed by atoms with Gasteiger partial charge in [0.25, 0.3) is 0 Å². The minimum Gasteiger partial charge on any atom is -0.508 e. The molecular formula is C15H21Br2OTi-. The molecule has 1 aromatic carbocycles. The van der Waals surface area contributed by atoms with Crippen molar-refractivity contribution in [2.24, 2.45) is 0 Å². The van der Waals surface area contributed by atoms with E-state index in [4.69, 9.17) is 0 Å². The first-order valence-corrected chi connectivity index (χ1v) is 5.52. The normalized spacial score (nSPS) is 11.3. The number of phenols is 1. The number of hydrogen-bond acceptors (Lipinski definition) is 1. The number of aromatic hydroxyl groups is 1. The Morgan fingerprint density at radius 2 is 1.68 bits per heavy atom. The number of benzene rings is 1. The third-order valence-electron chi connectivity index (χ3n) is 2.30. The topological polar surface area (TPSA) is 20.2 Å². The number of phenolic OH excluding ortho intramolecular Hbond substituents is 1. The van der Waals surface area contributed by atoms with Crippen molar-refractivity contribution < 1.29 is 26.8 Å². The summed E-state index contributed by atoms with van der Waals surface area (Å²) in [4.78, 5) is 0. The second-order valence-electron chi connectivity index (χ2n) is 4.77. The van der Waals surface area contributed by atoms with Gasteiger partial charge in [0.1, 0.15) is 5.75 Å². The summed E-state index contributed by atoms with van der Waals surface area (Å²) in [6, 6.07) is 7.46. The van der Waals surface area contributed by atoms with E-state index in [0.29, 0.717) is 5.75 Å². The van der Waals surface area contributed by atoms with E-state index in [0.717, 1.165) is 12.0 Å². The Kier molecular flexibility index (Phi) is 15.2. The maximum atomic E-state index is 9.45. The zero-order valence-corrected chi connectivity index (χ0v) is 16.5. The van der Waals surface area contributed by atoms with E-state index in [9.17, 15) is 5.11 Å². The van der Waals surface area contributed by atoms with E-state index in [1.54, 1.807) is 6.07 Å². The van der Waals surface area contributed by atoms with Crippen molar-refractivity contribution in [3.63, 3.8) is 0 Å². The van der Waals surface area contributed by atoms with E-state index in [1.807, 2.05) is 30.4 Å². The Hall–Kier alpha value is 0.174. The molecule has 0 fully saturated rings. The van der Waals surface area contributed by atoms with Gasteiger partial charge in [-0.1, -0.05) is 39.0 Å². The van der Waals surface area contributed by atoms with Gasteiger partial charge < -0.3 is 5.11 Å². The van der Waals surface area contributed by atoms with Crippen LogP contribution in [0.1, 0.15) is 32.8 Å². The van der Waals surface area contributed by atoms with Gasteiger partial charge in [0.15, 0.2) is 0 Å². The molecule has 1 aliphatic rings. The molecule has 0 heterocycles. The molecule has 0 radical (unpaired) electrons. The van der Waals surface area contributed by atoms with Crippen LogP contribution in [0.3, 0.4) is 0 Å². The van der Waals surface area contributed by atoms with Crippen LogP contribution in [0.4, 0.5) is 0 Å². The van der Waals surface area contributed by atoms with Gasteiger partial charge in [-0.2, -0.15) is 6.08 Å². The van der Waals surface area contributed by atoms with Gasteiger partial charge in [0.05, 0.1) is 0 Å². The molecule has 0 unspecified atom stereocenters. The van der Waals surface area contributed by atoms with Crippen molar-refractivity contribution in [2.45, 2.75) is 32.6 Å². The quantitative estimate of drug-likeness (QED) is 0.451. The van der Waals surface area contributed by atoms with Gasteiger partial charge in [0, 0.05) is 21.7 Å². The maximum absolute atomic E-state index is 9.45. The first-order chi connectivity index (χ1) is 7.52. The van der Waals surface area contributed by atoms with Gasteiger partial charge in [-0.05, 0) is 17.0 Å². The summed E-state index contributed by atoms with van der Waals surface area (Å²) >= 11 is 0. The van der Waals surface area contributed by atoms with Crippen molar-refractivity contribution in [3.05, 3.63) is 54.1 Å². The average molecular weight is 425 g/mol. The third-order valence-corrected chi connectivity index (χ3v) is 2.30. The molecule has 0 amide bonds. The van der Waals surface area contributed by atoms with Crippen LogP contribution in [0.5, 0.6) is 5.75 Å². The van der Waals surface area contributed by atoms with Gasteiger partial charge >= 0.3 is 0 Å². The van der Waals surface area contributed by atoms with E-state index in [1.165, 1.54) is 0 Å². The number of rotatable bonds is 0. The molecule has 0 saturated heterocycles. The van der Waals surface area contributed by atoms with Crippen LogP contribution in [-0.2, 0) is 27.1 Å². The summed E-state index contributed by atoms with van der Waals surface area (Å²) in [5, 5.41) is 9.45. The standard InChI is InChI=1S/C10H14O.C5H5.2BrH.Ti/c1-10(2,3)8-6-4-5-7-9(8)11;1-2-4-5-3-1;;;/h4-7,11H,1-3H3;1-3H,4H2;2*1H;/q;-1;;;. The second-order valence-corrected chi connectivity index (χ2v) is 4.77. The molecule has 19 heavy (non-hydrogen) atoms. The molecular weight excluding hydrogens is 404 g/mol. The SMILES string of the molecule is Br.Br.CC(C)(C)c1ccccc1O.[C-]1=CC=CC1.[Ti]. The second kappa shape index (κ2) is 12.0. The summed E-state index contributed by atoms with van der Waals surface area (Å²) in [5.74, 6) is 0.389. The van der Waals surface area contributed by atoms with Crippen LogP contribution in [0.2, 0.25) is 0 Å². The van der Waals surface area contributed by atoms with Gasteiger partial charge in [0.2, 0.25) is 0 Å². The first kappa shape index (κ1) is 24.2. The smallest absolute Gasteiger partial charge is 0.119 e. The van der Waals surface area contributed by atoms with Crippen molar-refractivity contribution in [3.8, 4) is 5.75 Å². The molecule has 0 aliphatic heterocycles. The van der Waals surface area contributed by atoms with Crippen molar-refractivity contribution >= 4 is 34.0 Å². The number of allylic oxidation sites excluding steroid dienone is 4. The van der Waals surface area contributed by atoms with E-state index in [2.05, 4.69) is 32.9 Å². The molecule has 0 aromatic heterocycles. The molecule has 2 rings (SSSR count). The number of halogens is 2. The molecule has 106 valence electrons. The fraction of sp³-hybridized carbons (Fsp3) is 0.333. The van der Waals surface area contributed by atoms with Crippen LogP contribution in [0.25, 0.3) is 0 Å². The Morgan fingerprint density at radius 3 is 1.95 bits per heavy atom. The Labute approximate surface area is 152 Å². The molecule has 0 spiro atoms. The van der Waals surface area contributed by atoms with E-state index >= 15 is 0 Å². The molecule has 1 N–H and O–H groups in total. The first-order valence-electron chi connectivity index (χ1n) is 5.52. The van der Waals surface area contributed by atoms with Crippen LogP contribution >= 0.6 is 34.0 Å². The van der Waals surface area contributed by atoms with Gasteiger partial charge in [-0.3, -0.25) is 6.08 Å². The monoisotopic (exact) mass is 423 g/mol. The number of hydrogen-bond donors (Lipinski definition) is 1. The summed E-state index contributed by atoms with van der Waals surface area (Å²) in [5.41, 5.74) is 1.03. The summed E-state index contributed by atoms with van der Waals surface area (Å²) in [7, 11) is 0. The van der Waals surface area contributed by atoms with Crippen molar-refractivity contribution in [2.75, 3.05) is 0 Å². The third kappa shape index (κ3) is 9.67. The van der Waals surface area contributed by atoms with E-state index in [-0.39, 0.29) is 61.1 Å². The molecule has 0 saturated carbocycles. The van der Waals surface area contributed by atoms with Gasteiger partial charge in [-0.25, -0.2) is 12.2 Å². The molecule has 1 aliphatic carbocycles. The fourth-order valence-electron chi connectivity index (χ4n) is 1.45. The van der Waals surface area contributed by atoms with Crippen LogP contribution in [0, 0.1) is 6.08 Å². The molecule has 1 nitrogen and oxygen atoms in total. The van der Waals surface area contributed by atoms with E-state index < -0.39 is 0 Å². The zero-order chi connectivity index (χ0) is 12.0. The molecule has 1 aromatic rings. The predicted octanol–water partition coefficient (Wildman–Crippen LogP) is 5.15. The van der Waals surface area contributed by atoms with Crippen molar-refractivity contribution in [1.82, 2.24) is 0 Å².